The summed E-state index contributed by atoms with van der Waals surface area (Å²) in [6, 6.07) is 4.97. The molecule has 0 fully saturated rings. The normalized spacial score (nSPS) is 11.3. The smallest absolute Gasteiger partial charge is 0.255 e. The lowest BCUT2D eigenvalue weighted by Crippen LogP contribution is -2.51. The molecule has 0 radical (unpaired) electrons. The van der Waals surface area contributed by atoms with Crippen LogP contribution in [-0.4, -0.2) is 27.2 Å². The van der Waals surface area contributed by atoms with E-state index < -0.39 is 0 Å². The first-order valence-corrected chi connectivity index (χ1v) is 8.73. The van der Waals surface area contributed by atoms with Crippen molar-refractivity contribution in [2.75, 3.05) is 10.7 Å². The summed E-state index contributed by atoms with van der Waals surface area (Å²) < 4.78 is 0.912. The van der Waals surface area contributed by atoms with Crippen molar-refractivity contribution >= 4 is 60.4 Å². The molecule has 18 heavy (non-hydrogen) atoms. The molecular formula is C12H14Br2INO2. The van der Waals surface area contributed by atoms with E-state index in [-0.39, 0.29) is 17.2 Å². The molecule has 0 heterocycles. The first-order chi connectivity index (χ1) is 8.48. The summed E-state index contributed by atoms with van der Waals surface area (Å²) in [5, 5.41) is 14.0. The minimum absolute atomic E-state index is 0.00191. The Morgan fingerprint density at radius 2 is 2.06 bits per heavy atom. The van der Waals surface area contributed by atoms with Gasteiger partial charge in [-0.3, -0.25) is 4.79 Å². The van der Waals surface area contributed by atoms with Crippen molar-refractivity contribution in [3.8, 4) is 5.75 Å². The zero-order chi connectivity index (χ0) is 13.8. The number of hydrogen-bond acceptors (Lipinski definition) is 2. The number of carbonyl (C=O) groups excluding carboxylic acids is 1. The Balaban J connectivity index is 2.97. The van der Waals surface area contributed by atoms with Gasteiger partial charge in [-0.1, -0.05) is 38.8 Å². The molecule has 0 saturated heterocycles. The van der Waals surface area contributed by atoms with Crippen molar-refractivity contribution in [1.29, 1.82) is 0 Å². The van der Waals surface area contributed by atoms with E-state index in [0.717, 1.165) is 9.99 Å². The van der Waals surface area contributed by atoms with Crippen molar-refractivity contribution in [3.05, 3.63) is 27.3 Å². The zero-order valence-electron chi connectivity index (χ0n) is 9.84. The Morgan fingerprint density at radius 3 is 2.56 bits per heavy atom. The molecule has 0 unspecified atom stereocenters. The molecular weight excluding hydrogens is 477 g/mol. The van der Waals surface area contributed by atoms with Gasteiger partial charge in [0.25, 0.3) is 5.91 Å². The van der Waals surface area contributed by atoms with Gasteiger partial charge in [0.15, 0.2) is 0 Å². The Morgan fingerprint density at radius 1 is 1.44 bits per heavy atom. The first-order valence-electron chi connectivity index (χ1n) is 5.41. The number of benzene rings is 1. The number of hydrogen-bond donors (Lipinski definition) is 2. The summed E-state index contributed by atoms with van der Waals surface area (Å²) in [5.74, 6) is -0.256. The van der Waals surface area contributed by atoms with E-state index in [2.05, 4.69) is 59.8 Å². The molecule has 0 bridgehead atoms. The molecule has 0 spiro atoms. The number of alkyl halides is 2. The predicted molar refractivity (Wildman–Crippen MR) is 88.9 cm³/mol. The molecule has 0 atom stereocenters. The monoisotopic (exact) mass is 489 g/mol. The lowest BCUT2D eigenvalue weighted by atomic mass is 10.0. The molecule has 1 rings (SSSR count). The van der Waals surface area contributed by atoms with Crippen LogP contribution < -0.4 is 5.32 Å². The Kier molecular flexibility index (Phi) is 6.40. The van der Waals surface area contributed by atoms with E-state index in [1.165, 1.54) is 6.07 Å². The molecule has 0 saturated carbocycles. The largest absolute Gasteiger partial charge is 0.507 e. The fourth-order valence-electron chi connectivity index (χ4n) is 1.38. The average molecular weight is 491 g/mol. The lowest BCUT2D eigenvalue weighted by molar-refractivity contribution is 0.0912. The van der Waals surface area contributed by atoms with Gasteiger partial charge in [-0.05, 0) is 47.2 Å². The van der Waals surface area contributed by atoms with Gasteiger partial charge in [0.1, 0.15) is 5.75 Å². The van der Waals surface area contributed by atoms with Crippen LogP contribution in [0.5, 0.6) is 5.75 Å². The molecule has 0 aliphatic rings. The van der Waals surface area contributed by atoms with Gasteiger partial charge < -0.3 is 10.4 Å². The number of phenols is 1. The maximum absolute atomic E-state index is 12.2. The number of rotatable bonds is 5. The fourth-order valence-corrected chi connectivity index (χ4v) is 3.87. The Bertz CT molecular complexity index is 428. The highest BCUT2D eigenvalue weighted by molar-refractivity contribution is 14.1. The zero-order valence-corrected chi connectivity index (χ0v) is 15.2. The van der Waals surface area contributed by atoms with Gasteiger partial charge in [-0.15, -0.1) is 0 Å². The number of amides is 1. The van der Waals surface area contributed by atoms with Crippen LogP contribution in [0.4, 0.5) is 0 Å². The second-order valence-electron chi connectivity index (χ2n) is 4.02. The van der Waals surface area contributed by atoms with Crippen molar-refractivity contribution in [2.45, 2.75) is 18.9 Å². The maximum atomic E-state index is 12.2. The molecule has 1 aromatic rings. The SMILES string of the molecule is CCC(CBr)(CBr)NC(=O)c1cc(I)ccc1O. The van der Waals surface area contributed by atoms with Crippen LogP contribution in [0.2, 0.25) is 0 Å². The van der Waals surface area contributed by atoms with Gasteiger partial charge >= 0.3 is 0 Å². The van der Waals surface area contributed by atoms with Crippen molar-refractivity contribution in [3.63, 3.8) is 0 Å². The number of aromatic hydroxyl groups is 1. The first kappa shape index (κ1) is 16.2. The van der Waals surface area contributed by atoms with Crippen molar-refractivity contribution in [1.82, 2.24) is 5.32 Å². The third-order valence-corrected chi connectivity index (χ3v) is 5.59. The number of carbonyl (C=O) groups is 1. The third kappa shape index (κ3) is 3.84. The van der Waals surface area contributed by atoms with Crippen LogP contribution in [0.1, 0.15) is 23.7 Å². The summed E-state index contributed by atoms with van der Waals surface area (Å²) in [7, 11) is 0. The van der Waals surface area contributed by atoms with E-state index in [0.29, 0.717) is 16.2 Å². The maximum Gasteiger partial charge on any atom is 0.255 e. The summed E-state index contributed by atoms with van der Waals surface area (Å²) in [5.41, 5.74) is -0.0354. The second-order valence-corrected chi connectivity index (χ2v) is 6.38. The van der Waals surface area contributed by atoms with Gasteiger partial charge in [0, 0.05) is 14.2 Å². The van der Waals surface area contributed by atoms with E-state index in [1.807, 2.05) is 6.92 Å². The molecule has 1 aromatic carbocycles. The summed E-state index contributed by atoms with van der Waals surface area (Å²) in [4.78, 5) is 12.2. The van der Waals surface area contributed by atoms with Crippen molar-refractivity contribution in [2.24, 2.45) is 0 Å². The second kappa shape index (κ2) is 7.09. The third-order valence-electron chi connectivity index (χ3n) is 2.77. The van der Waals surface area contributed by atoms with E-state index in [9.17, 15) is 9.90 Å². The minimum Gasteiger partial charge on any atom is -0.507 e. The Labute approximate surface area is 137 Å². The van der Waals surface area contributed by atoms with Crippen LogP contribution in [0.15, 0.2) is 18.2 Å². The Hall–Kier alpha value is 0.180. The number of halogens is 3. The minimum atomic E-state index is -0.342. The molecule has 0 aliphatic heterocycles. The predicted octanol–water partition coefficient (Wildman–Crippen LogP) is 3.67. The summed E-state index contributed by atoms with van der Waals surface area (Å²) >= 11 is 8.95. The van der Waals surface area contributed by atoms with Gasteiger partial charge in [-0.2, -0.15) is 0 Å². The summed E-state index contributed by atoms with van der Waals surface area (Å²) in [6.07, 6.45) is 0.792. The van der Waals surface area contributed by atoms with E-state index >= 15 is 0 Å². The number of phenolic OH excluding ortho intramolecular Hbond substituents is 1. The molecule has 6 heteroatoms. The molecule has 0 aromatic heterocycles. The quantitative estimate of drug-likeness (QED) is 0.489. The van der Waals surface area contributed by atoms with Crippen molar-refractivity contribution < 1.29 is 9.90 Å². The van der Waals surface area contributed by atoms with E-state index in [1.54, 1.807) is 12.1 Å². The van der Waals surface area contributed by atoms with E-state index in [4.69, 9.17) is 0 Å². The lowest BCUT2D eigenvalue weighted by Gasteiger charge is -2.30. The standard InChI is InChI=1S/C12H14Br2INO2/c1-2-12(6-13,7-14)16-11(18)9-5-8(15)3-4-10(9)17/h3-5,17H,2,6-7H2,1H3,(H,16,18). The highest BCUT2D eigenvalue weighted by Crippen LogP contribution is 2.22. The molecule has 1 amide bonds. The van der Waals surface area contributed by atoms with Crippen LogP contribution in [-0.2, 0) is 0 Å². The van der Waals surface area contributed by atoms with Crippen LogP contribution in [0.25, 0.3) is 0 Å². The summed E-state index contributed by atoms with van der Waals surface area (Å²) in [6.45, 7) is 2.01. The average Bonchev–Trinajstić information content (AvgIpc) is 2.38. The fraction of sp³-hybridized carbons (Fsp3) is 0.417. The highest BCUT2D eigenvalue weighted by Gasteiger charge is 2.28. The molecule has 3 nitrogen and oxygen atoms in total. The number of nitrogens with one attached hydrogen (secondary N) is 1. The molecule has 100 valence electrons. The molecule has 2 N–H and O–H groups in total. The van der Waals surface area contributed by atoms with Gasteiger partial charge in [0.05, 0.1) is 11.1 Å². The van der Waals surface area contributed by atoms with Crippen LogP contribution >= 0.6 is 54.5 Å². The highest BCUT2D eigenvalue weighted by atomic mass is 127. The topological polar surface area (TPSA) is 49.3 Å². The van der Waals surface area contributed by atoms with Gasteiger partial charge in [0.2, 0.25) is 0 Å². The van der Waals surface area contributed by atoms with Gasteiger partial charge in [-0.25, -0.2) is 0 Å². The molecule has 0 aliphatic carbocycles. The van der Waals surface area contributed by atoms with Crippen LogP contribution in [0, 0.1) is 3.57 Å². The van der Waals surface area contributed by atoms with Crippen LogP contribution in [0.3, 0.4) is 0 Å².